The zero-order chi connectivity index (χ0) is 19.4. The van der Waals surface area contributed by atoms with Crippen LogP contribution in [0.25, 0.3) is 10.9 Å². The summed E-state index contributed by atoms with van der Waals surface area (Å²) in [6.07, 6.45) is 2.03. The molecule has 0 spiro atoms. The number of hydrogen-bond acceptors (Lipinski definition) is 6. The van der Waals surface area contributed by atoms with E-state index in [1.54, 1.807) is 26.4 Å². The summed E-state index contributed by atoms with van der Waals surface area (Å²) in [5.74, 6) is 0.483. The number of aliphatic hydroxyl groups excluding tert-OH is 1. The normalized spacial score (nSPS) is 10.6. The lowest BCUT2D eigenvalue weighted by Crippen LogP contribution is -2.14. The summed E-state index contributed by atoms with van der Waals surface area (Å²) >= 11 is 0. The van der Waals surface area contributed by atoms with Crippen LogP contribution >= 0.6 is 0 Å². The number of amides is 1. The molecule has 0 aliphatic rings. The van der Waals surface area contributed by atoms with Crippen molar-refractivity contribution in [1.29, 1.82) is 0 Å². The van der Waals surface area contributed by atoms with Crippen molar-refractivity contribution in [3.8, 4) is 11.5 Å². The molecule has 0 radical (unpaired) electrons. The van der Waals surface area contributed by atoms with Gasteiger partial charge in [0.2, 0.25) is 0 Å². The van der Waals surface area contributed by atoms with Crippen LogP contribution in [0.4, 0.5) is 11.4 Å². The Morgan fingerprint density at radius 3 is 2.41 bits per heavy atom. The highest BCUT2D eigenvalue weighted by Crippen LogP contribution is 2.37. The molecule has 0 saturated carbocycles. The maximum atomic E-state index is 11.9. The summed E-state index contributed by atoms with van der Waals surface area (Å²) in [6.45, 7) is 0.0925. The molecule has 0 unspecified atom stereocenters. The quantitative estimate of drug-likeness (QED) is 0.593. The Morgan fingerprint density at radius 2 is 1.81 bits per heavy atom. The van der Waals surface area contributed by atoms with Crippen LogP contribution in [-0.4, -0.2) is 36.8 Å². The minimum Gasteiger partial charge on any atom is -0.493 e. The van der Waals surface area contributed by atoms with E-state index >= 15 is 0 Å². The molecule has 0 fully saturated rings. The molecule has 3 rings (SSSR count). The lowest BCUT2D eigenvalue weighted by molar-refractivity contribution is 0.100. The first kappa shape index (κ1) is 18.5. The first-order chi connectivity index (χ1) is 13.1. The summed E-state index contributed by atoms with van der Waals surface area (Å²) < 4.78 is 10.7. The van der Waals surface area contributed by atoms with Gasteiger partial charge in [-0.15, -0.1) is 0 Å². The Balaban J connectivity index is 2.12. The van der Waals surface area contributed by atoms with Crippen molar-refractivity contribution in [1.82, 2.24) is 4.98 Å². The standard InChI is InChI=1S/C20H21N3O4/c1-26-17-9-14-16(10-18(17)27-2)22-11-15(20(21)25)19(14)23-13-5-3-12(4-6-13)7-8-24/h3-6,9-11,24H,7-8H2,1-2H3,(H2,21,25)(H,22,23). The van der Waals surface area contributed by atoms with Crippen LogP contribution in [0.3, 0.4) is 0 Å². The molecule has 2 aromatic carbocycles. The lowest BCUT2D eigenvalue weighted by Gasteiger charge is -2.15. The Bertz CT molecular complexity index is 971. The number of anilines is 2. The van der Waals surface area contributed by atoms with Gasteiger partial charge in [0.1, 0.15) is 0 Å². The molecule has 0 aliphatic heterocycles. The Kier molecular flexibility index (Phi) is 5.42. The summed E-state index contributed by atoms with van der Waals surface area (Å²) in [7, 11) is 3.09. The zero-order valence-electron chi connectivity index (χ0n) is 15.2. The van der Waals surface area contributed by atoms with Crippen LogP contribution in [0.2, 0.25) is 0 Å². The average molecular weight is 367 g/mol. The van der Waals surface area contributed by atoms with Gasteiger partial charge in [-0.25, -0.2) is 0 Å². The van der Waals surface area contributed by atoms with E-state index in [-0.39, 0.29) is 12.2 Å². The van der Waals surface area contributed by atoms with Crippen LogP contribution in [0.1, 0.15) is 15.9 Å². The van der Waals surface area contributed by atoms with Crippen molar-refractivity contribution < 1.29 is 19.4 Å². The predicted molar refractivity (Wildman–Crippen MR) is 104 cm³/mol. The molecule has 0 atom stereocenters. The topological polar surface area (TPSA) is 107 Å². The van der Waals surface area contributed by atoms with Gasteiger partial charge in [-0.1, -0.05) is 12.1 Å². The minimum atomic E-state index is -0.585. The van der Waals surface area contributed by atoms with E-state index in [0.717, 1.165) is 11.3 Å². The maximum absolute atomic E-state index is 11.9. The fourth-order valence-corrected chi connectivity index (χ4v) is 2.87. The van der Waals surface area contributed by atoms with Crippen molar-refractivity contribution >= 4 is 28.2 Å². The third kappa shape index (κ3) is 3.78. The number of fused-ring (bicyclic) bond motifs is 1. The van der Waals surface area contributed by atoms with Crippen LogP contribution < -0.4 is 20.5 Å². The highest BCUT2D eigenvalue weighted by Gasteiger charge is 2.16. The fraction of sp³-hybridized carbons (Fsp3) is 0.200. The number of nitrogens with two attached hydrogens (primary N) is 1. The number of carbonyl (C=O) groups excluding carboxylic acids is 1. The predicted octanol–water partition coefficient (Wildman–Crippen LogP) is 2.63. The van der Waals surface area contributed by atoms with Gasteiger partial charge in [0.25, 0.3) is 5.91 Å². The number of benzene rings is 2. The number of primary amides is 1. The monoisotopic (exact) mass is 367 g/mol. The molecule has 140 valence electrons. The van der Waals surface area contributed by atoms with Gasteiger partial charge in [0.05, 0.1) is 31.0 Å². The first-order valence-electron chi connectivity index (χ1n) is 8.38. The second-order valence-corrected chi connectivity index (χ2v) is 5.93. The van der Waals surface area contributed by atoms with Crippen LogP contribution in [0.5, 0.6) is 11.5 Å². The molecule has 1 amide bonds. The summed E-state index contributed by atoms with van der Waals surface area (Å²) in [5.41, 5.74) is 8.80. The molecule has 1 aromatic heterocycles. The molecule has 7 nitrogen and oxygen atoms in total. The average Bonchev–Trinajstić information content (AvgIpc) is 2.68. The van der Waals surface area contributed by atoms with Crippen molar-refractivity contribution in [2.75, 3.05) is 26.1 Å². The van der Waals surface area contributed by atoms with E-state index in [1.165, 1.54) is 6.20 Å². The Hall–Kier alpha value is -3.32. The molecular formula is C20H21N3O4. The molecule has 4 N–H and O–H groups in total. The first-order valence-corrected chi connectivity index (χ1v) is 8.38. The smallest absolute Gasteiger partial charge is 0.252 e. The second-order valence-electron chi connectivity index (χ2n) is 5.93. The van der Waals surface area contributed by atoms with Gasteiger partial charge in [0, 0.05) is 29.9 Å². The van der Waals surface area contributed by atoms with Crippen molar-refractivity contribution in [2.45, 2.75) is 6.42 Å². The molecule has 3 aromatic rings. The molecule has 7 heteroatoms. The van der Waals surface area contributed by atoms with Crippen molar-refractivity contribution in [3.63, 3.8) is 0 Å². The molecule has 27 heavy (non-hydrogen) atoms. The summed E-state index contributed by atoms with van der Waals surface area (Å²) in [5, 5.41) is 13.0. The van der Waals surface area contributed by atoms with Crippen molar-refractivity contribution in [2.24, 2.45) is 5.73 Å². The highest BCUT2D eigenvalue weighted by molar-refractivity contribution is 6.08. The number of carbonyl (C=O) groups is 1. The lowest BCUT2D eigenvalue weighted by atomic mass is 10.1. The SMILES string of the molecule is COc1cc2ncc(C(N)=O)c(Nc3ccc(CCO)cc3)c2cc1OC. The van der Waals surface area contributed by atoms with Crippen molar-refractivity contribution in [3.05, 3.63) is 53.7 Å². The van der Waals surface area contributed by atoms with E-state index in [2.05, 4.69) is 10.3 Å². The summed E-state index contributed by atoms with van der Waals surface area (Å²) in [6, 6.07) is 11.1. The number of nitrogens with one attached hydrogen (secondary N) is 1. The van der Waals surface area contributed by atoms with Gasteiger partial charge in [-0.3, -0.25) is 9.78 Å². The minimum absolute atomic E-state index is 0.0925. The third-order valence-electron chi connectivity index (χ3n) is 4.26. The van der Waals surface area contributed by atoms with E-state index in [0.29, 0.717) is 34.5 Å². The number of pyridine rings is 1. The van der Waals surface area contributed by atoms with Gasteiger partial charge in [0.15, 0.2) is 11.5 Å². The fourth-order valence-electron chi connectivity index (χ4n) is 2.87. The number of aromatic nitrogens is 1. The number of ether oxygens (including phenoxy) is 2. The van der Waals surface area contributed by atoms with Gasteiger partial charge in [-0.2, -0.15) is 0 Å². The molecular weight excluding hydrogens is 346 g/mol. The van der Waals surface area contributed by atoms with Crippen LogP contribution in [0, 0.1) is 0 Å². The number of nitrogens with zero attached hydrogens (tertiary/aromatic N) is 1. The van der Waals surface area contributed by atoms with Crippen LogP contribution in [-0.2, 0) is 6.42 Å². The van der Waals surface area contributed by atoms with E-state index in [9.17, 15) is 4.79 Å². The van der Waals surface area contributed by atoms with Crippen LogP contribution in [0.15, 0.2) is 42.6 Å². The second kappa shape index (κ2) is 7.92. The van der Waals surface area contributed by atoms with E-state index < -0.39 is 5.91 Å². The molecule has 0 bridgehead atoms. The van der Waals surface area contributed by atoms with E-state index in [4.69, 9.17) is 20.3 Å². The number of rotatable bonds is 7. The largest absolute Gasteiger partial charge is 0.493 e. The molecule has 1 heterocycles. The number of methoxy groups -OCH3 is 2. The highest BCUT2D eigenvalue weighted by atomic mass is 16.5. The Morgan fingerprint density at radius 1 is 1.15 bits per heavy atom. The van der Waals surface area contributed by atoms with Gasteiger partial charge < -0.3 is 25.6 Å². The number of aliphatic hydroxyl groups is 1. The van der Waals surface area contributed by atoms with E-state index in [1.807, 2.05) is 24.3 Å². The third-order valence-corrected chi connectivity index (χ3v) is 4.26. The Labute approximate surface area is 156 Å². The maximum Gasteiger partial charge on any atom is 0.252 e. The summed E-state index contributed by atoms with van der Waals surface area (Å²) in [4.78, 5) is 16.3. The zero-order valence-corrected chi connectivity index (χ0v) is 15.2. The van der Waals surface area contributed by atoms with Gasteiger partial charge >= 0.3 is 0 Å². The van der Waals surface area contributed by atoms with Gasteiger partial charge in [-0.05, 0) is 30.2 Å². The molecule has 0 saturated heterocycles. The molecule has 0 aliphatic carbocycles. The number of hydrogen-bond donors (Lipinski definition) is 3.